The van der Waals surface area contributed by atoms with Crippen molar-refractivity contribution in [3.05, 3.63) is 23.5 Å². The fourth-order valence-corrected chi connectivity index (χ4v) is 3.25. The van der Waals surface area contributed by atoms with Crippen LogP contribution in [0.15, 0.2) is 23.4 Å². The van der Waals surface area contributed by atoms with E-state index in [1.165, 1.54) is 18.5 Å². The molecule has 0 amide bonds. The summed E-state index contributed by atoms with van der Waals surface area (Å²) >= 11 is 6.02. The van der Waals surface area contributed by atoms with Gasteiger partial charge in [0.15, 0.2) is 0 Å². The molecule has 0 fully saturated rings. The molecule has 6 nitrogen and oxygen atoms in total. The van der Waals surface area contributed by atoms with E-state index in [4.69, 9.17) is 11.6 Å². The number of nitrogens with one attached hydrogen (secondary N) is 2. The van der Waals surface area contributed by atoms with Gasteiger partial charge in [0.2, 0.25) is 10.0 Å². The molecule has 2 aromatic heterocycles. The third-order valence-corrected chi connectivity index (χ3v) is 4.79. The Hall–Kier alpha value is -1.15. The smallest absolute Gasteiger partial charge is 0.242 e. The molecule has 0 bridgehead atoms. The maximum atomic E-state index is 12.3. The second-order valence-corrected chi connectivity index (χ2v) is 6.98. The van der Waals surface area contributed by atoms with E-state index in [1.54, 1.807) is 0 Å². The van der Waals surface area contributed by atoms with E-state index in [0.717, 1.165) is 0 Å². The summed E-state index contributed by atoms with van der Waals surface area (Å²) in [6, 6.07) is 1.53. The summed E-state index contributed by atoms with van der Waals surface area (Å²) in [4.78, 5) is 6.82. The third-order valence-electron chi connectivity index (χ3n) is 3.03. The number of hydrogen-bond acceptors (Lipinski definition) is 4. The first-order chi connectivity index (χ1) is 9.33. The number of sulfonamides is 1. The number of halogens is 1. The van der Waals surface area contributed by atoms with E-state index >= 15 is 0 Å². The molecule has 0 spiro atoms. The monoisotopic (exact) mass is 317 g/mol. The van der Waals surface area contributed by atoms with Crippen LogP contribution in [0.5, 0.6) is 0 Å². The minimum atomic E-state index is -3.76. The summed E-state index contributed by atoms with van der Waals surface area (Å²) in [5, 5.41) is 10.3. The van der Waals surface area contributed by atoms with Crippen molar-refractivity contribution in [2.45, 2.75) is 24.8 Å². The van der Waals surface area contributed by atoms with Crippen molar-refractivity contribution < 1.29 is 13.5 Å². The van der Waals surface area contributed by atoms with Gasteiger partial charge in [-0.25, -0.2) is 18.1 Å². The van der Waals surface area contributed by atoms with Gasteiger partial charge < -0.3 is 10.1 Å². The Morgan fingerprint density at radius 1 is 1.50 bits per heavy atom. The van der Waals surface area contributed by atoms with Crippen molar-refractivity contribution in [3.63, 3.8) is 0 Å². The highest BCUT2D eigenvalue weighted by atomic mass is 35.5. The minimum Gasteiger partial charge on any atom is -0.391 e. The lowest BCUT2D eigenvalue weighted by Crippen LogP contribution is -2.34. The zero-order valence-corrected chi connectivity index (χ0v) is 12.7. The van der Waals surface area contributed by atoms with E-state index < -0.39 is 16.1 Å². The molecule has 3 N–H and O–H groups in total. The van der Waals surface area contributed by atoms with Crippen LogP contribution >= 0.6 is 11.6 Å². The first-order valence-corrected chi connectivity index (χ1v) is 7.98. The zero-order chi connectivity index (χ0) is 14.9. The van der Waals surface area contributed by atoms with Crippen LogP contribution in [0, 0.1) is 5.92 Å². The molecule has 8 heteroatoms. The Morgan fingerprint density at radius 2 is 2.20 bits per heavy atom. The maximum Gasteiger partial charge on any atom is 0.242 e. The highest BCUT2D eigenvalue weighted by molar-refractivity contribution is 7.89. The SMILES string of the molecule is CC(C)C(O)CNS(=O)(=O)c1c[nH]c2nccc(Cl)c12. The van der Waals surface area contributed by atoms with E-state index in [1.807, 2.05) is 13.8 Å². The number of aromatic nitrogens is 2. The number of rotatable bonds is 5. The minimum absolute atomic E-state index is 0.0292. The van der Waals surface area contributed by atoms with Crippen LogP contribution in [-0.4, -0.2) is 36.1 Å². The Labute approximate surface area is 122 Å². The molecule has 0 saturated carbocycles. The fraction of sp³-hybridized carbons (Fsp3) is 0.417. The normalized spacial score (nSPS) is 14.1. The van der Waals surface area contributed by atoms with E-state index in [-0.39, 0.29) is 17.4 Å². The molecule has 0 aliphatic rings. The highest BCUT2D eigenvalue weighted by Crippen LogP contribution is 2.27. The summed E-state index contributed by atoms with van der Waals surface area (Å²) in [5.41, 5.74) is 0.405. The van der Waals surface area contributed by atoms with Crippen LogP contribution in [0.2, 0.25) is 5.02 Å². The predicted octanol–water partition coefficient (Wildman–Crippen LogP) is 1.51. The number of hydrogen-bond donors (Lipinski definition) is 3. The van der Waals surface area contributed by atoms with Crippen molar-refractivity contribution in [2.24, 2.45) is 5.92 Å². The number of aliphatic hydroxyl groups excluding tert-OH is 1. The molecular weight excluding hydrogens is 302 g/mol. The molecule has 20 heavy (non-hydrogen) atoms. The van der Waals surface area contributed by atoms with Crippen LogP contribution in [-0.2, 0) is 10.0 Å². The van der Waals surface area contributed by atoms with E-state index in [2.05, 4.69) is 14.7 Å². The van der Waals surface area contributed by atoms with Crippen molar-refractivity contribution in [1.29, 1.82) is 0 Å². The lowest BCUT2D eigenvalue weighted by atomic mass is 10.1. The largest absolute Gasteiger partial charge is 0.391 e. The molecule has 2 aromatic rings. The summed E-state index contributed by atoms with van der Waals surface area (Å²) in [5.74, 6) is -0.0362. The second-order valence-electron chi connectivity index (χ2n) is 4.83. The molecule has 2 heterocycles. The van der Waals surface area contributed by atoms with Crippen LogP contribution in [0.25, 0.3) is 11.0 Å². The molecule has 0 aliphatic heterocycles. The van der Waals surface area contributed by atoms with Crippen LogP contribution in [0.3, 0.4) is 0 Å². The van der Waals surface area contributed by atoms with Crippen LogP contribution in [0.1, 0.15) is 13.8 Å². The number of nitrogens with zero attached hydrogens (tertiary/aromatic N) is 1. The average Bonchev–Trinajstić information content (AvgIpc) is 2.82. The highest BCUT2D eigenvalue weighted by Gasteiger charge is 2.22. The Morgan fingerprint density at radius 3 is 2.85 bits per heavy atom. The van der Waals surface area contributed by atoms with E-state index in [0.29, 0.717) is 16.1 Å². The predicted molar refractivity (Wildman–Crippen MR) is 77.1 cm³/mol. The Bertz CT molecular complexity index is 712. The summed E-state index contributed by atoms with van der Waals surface area (Å²) in [6.07, 6.45) is 2.09. The van der Waals surface area contributed by atoms with Crippen LogP contribution in [0.4, 0.5) is 0 Å². The lowest BCUT2D eigenvalue weighted by Gasteiger charge is -2.15. The van der Waals surface area contributed by atoms with Crippen molar-refractivity contribution >= 4 is 32.7 Å². The molecule has 0 radical (unpaired) electrons. The number of aromatic amines is 1. The van der Waals surface area contributed by atoms with Gasteiger partial charge >= 0.3 is 0 Å². The van der Waals surface area contributed by atoms with Crippen molar-refractivity contribution in [3.8, 4) is 0 Å². The Kier molecular flexibility index (Phi) is 4.33. The third kappa shape index (κ3) is 2.95. The topological polar surface area (TPSA) is 95.1 Å². The molecule has 2 rings (SSSR count). The first kappa shape index (κ1) is 15.2. The Balaban J connectivity index is 2.33. The zero-order valence-electron chi connectivity index (χ0n) is 11.1. The molecule has 1 atom stereocenters. The maximum absolute atomic E-state index is 12.3. The van der Waals surface area contributed by atoms with Crippen LogP contribution < -0.4 is 4.72 Å². The number of aliphatic hydroxyl groups is 1. The van der Waals surface area contributed by atoms with Gasteiger partial charge in [0.05, 0.1) is 16.5 Å². The summed E-state index contributed by atoms with van der Waals surface area (Å²) in [7, 11) is -3.76. The van der Waals surface area contributed by atoms with Crippen molar-refractivity contribution in [2.75, 3.05) is 6.54 Å². The number of H-pyrrole nitrogens is 1. The lowest BCUT2D eigenvalue weighted by molar-refractivity contribution is 0.129. The average molecular weight is 318 g/mol. The fourth-order valence-electron chi connectivity index (χ4n) is 1.71. The van der Waals surface area contributed by atoms with E-state index in [9.17, 15) is 13.5 Å². The van der Waals surface area contributed by atoms with Gasteiger partial charge in [-0.3, -0.25) is 0 Å². The van der Waals surface area contributed by atoms with Crippen molar-refractivity contribution in [1.82, 2.24) is 14.7 Å². The molecule has 110 valence electrons. The van der Waals surface area contributed by atoms with Gasteiger partial charge in [0.25, 0.3) is 0 Å². The molecular formula is C12H16ClN3O3S. The summed E-state index contributed by atoms with van der Waals surface area (Å²) in [6.45, 7) is 3.57. The van der Waals surface area contributed by atoms with Gasteiger partial charge in [-0.1, -0.05) is 25.4 Å². The van der Waals surface area contributed by atoms with Gasteiger partial charge in [-0.2, -0.15) is 0 Å². The quantitative estimate of drug-likeness (QED) is 0.779. The second kappa shape index (κ2) is 5.69. The molecule has 1 unspecified atom stereocenters. The van der Waals surface area contributed by atoms with Gasteiger partial charge in [0.1, 0.15) is 10.5 Å². The molecule has 0 aromatic carbocycles. The summed E-state index contributed by atoms with van der Waals surface area (Å²) < 4.78 is 26.9. The van der Waals surface area contributed by atoms with Gasteiger partial charge in [-0.05, 0) is 12.0 Å². The van der Waals surface area contributed by atoms with Gasteiger partial charge in [-0.15, -0.1) is 0 Å². The number of fused-ring (bicyclic) bond motifs is 1. The number of pyridine rings is 1. The van der Waals surface area contributed by atoms with Gasteiger partial charge in [0, 0.05) is 18.9 Å². The standard InChI is InChI=1S/C12H16ClN3O3S/c1-7(2)9(17)5-16-20(18,19)10-6-15-12-11(10)8(13)3-4-14-12/h3-4,6-7,9,16-17H,5H2,1-2H3,(H,14,15). The molecule has 0 saturated heterocycles. The first-order valence-electron chi connectivity index (χ1n) is 6.12. The molecule has 0 aliphatic carbocycles.